The van der Waals surface area contributed by atoms with Crippen LogP contribution in [0.15, 0.2) is 44.1 Å². The number of halogens is 1. The molecular formula is C18H13BrN2O7S. The molecule has 29 heavy (non-hydrogen) atoms. The zero-order chi connectivity index (χ0) is 21.3. The molecule has 0 aliphatic carbocycles. The molecule has 1 aromatic heterocycles. The number of methoxy groups -OCH3 is 1. The van der Waals surface area contributed by atoms with Crippen LogP contribution in [0.3, 0.4) is 0 Å². The van der Waals surface area contributed by atoms with E-state index < -0.39 is 28.1 Å². The van der Waals surface area contributed by atoms with Crippen molar-refractivity contribution >= 4 is 56.6 Å². The maximum Gasteiger partial charge on any atom is 0.328 e. The Labute approximate surface area is 177 Å². The van der Waals surface area contributed by atoms with Crippen LogP contribution < -0.4 is 0 Å². The number of hydrogen-bond donors (Lipinski definition) is 0. The van der Waals surface area contributed by atoms with Crippen LogP contribution in [-0.4, -0.2) is 40.1 Å². The van der Waals surface area contributed by atoms with Crippen LogP contribution >= 0.6 is 27.7 Å². The Morgan fingerprint density at radius 3 is 2.69 bits per heavy atom. The number of esters is 1. The Hall–Kier alpha value is -2.92. The number of ether oxygens (including phenoxy) is 1. The van der Waals surface area contributed by atoms with Gasteiger partial charge in [0.15, 0.2) is 0 Å². The van der Waals surface area contributed by atoms with Gasteiger partial charge in [-0.1, -0.05) is 0 Å². The average molecular weight is 481 g/mol. The summed E-state index contributed by atoms with van der Waals surface area (Å²) in [5, 5.41) is 10.3. The molecule has 0 spiro atoms. The summed E-state index contributed by atoms with van der Waals surface area (Å²) in [5.41, 5.74) is 0.517. The first-order chi connectivity index (χ1) is 13.7. The molecule has 0 bridgehead atoms. The minimum atomic E-state index is -1.04. The number of carbonyl (C=O) groups excluding carboxylic acids is 3. The molecule has 1 aliphatic rings. The summed E-state index contributed by atoms with van der Waals surface area (Å²) in [6.45, 7) is 1.41. The van der Waals surface area contributed by atoms with Gasteiger partial charge < -0.3 is 9.15 Å². The van der Waals surface area contributed by atoms with Gasteiger partial charge in [-0.3, -0.25) is 24.6 Å². The lowest BCUT2D eigenvalue weighted by atomic mass is 10.1. The molecule has 0 N–H and O–H groups in total. The van der Waals surface area contributed by atoms with Crippen LogP contribution in [0.4, 0.5) is 10.5 Å². The van der Waals surface area contributed by atoms with E-state index in [0.29, 0.717) is 33.3 Å². The molecule has 1 aromatic carbocycles. The number of nitro groups is 1. The number of imide groups is 1. The van der Waals surface area contributed by atoms with Crippen molar-refractivity contribution < 1.29 is 28.5 Å². The third-order valence-electron chi connectivity index (χ3n) is 4.08. The van der Waals surface area contributed by atoms with Gasteiger partial charge in [0.1, 0.15) is 17.6 Å². The Morgan fingerprint density at radius 1 is 1.34 bits per heavy atom. The number of rotatable bonds is 5. The molecule has 9 nitrogen and oxygen atoms in total. The van der Waals surface area contributed by atoms with Gasteiger partial charge in [-0.25, -0.2) is 4.79 Å². The number of amides is 2. The van der Waals surface area contributed by atoms with Crippen molar-refractivity contribution in [1.29, 1.82) is 0 Å². The van der Waals surface area contributed by atoms with Gasteiger partial charge in [0.25, 0.3) is 16.8 Å². The lowest BCUT2D eigenvalue weighted by Crippen LogP contribution is -2.42. The first-order valence-electron chi connectivity index (χ1n) is 8.12. The number of carbonyl (C=O) groups is 3. The Bertz CT molecular complexity index is 1060. The third kappa shape index (κ3) is 4.10. The van der Waals surface area contributed by atoms with Crippen LogP contribution in [0.2, 0.25) is 0 Å². The van der Waals surface area contributed by atoms with Gasteiger partial charge in [0, 0.05) is 28.2 Å². The molecule has 3 rings (SSSR count). The summed E-state index contributed by atoms with van der Waals surface area (Å²) in [4.78, 5) is 47.6. The van der Waals surface area contributed by atoms with E-state index >= 15 is 0 Å². The monoisotopic (exact) mass is 480 g/mol. The standard InChI is InChI=1S/C18H13BrN2O7S/c1-9(17(23)27-2)20-16(22)15(29-18(20)24)8-11-4-6-14(28-11)12-5-3-10(21(25)26)7-13(12)19/h3-9H,1-2H3/b15-8-/t9-/m0/s1. The minimum Gasteiger partial charge on any atom is -0.467 e. The summed E-state index contributed by atoms with van der Waals surface area (Å²) in [7, 11) is 1.18. The highest BCUT2D eigenvalue weighted by molar-refractivity contribution is 9.10. The van der Waals surface area contributed by atoms with E-state index in [-0.39, 0.29) is 10.6 Å². The van der Waals surface area contributed by atoms with Crippen LogP contribution in [0.25, 0.3) is 17.4 Å². The molecule has 2 aromatic rings. The van der Waals surface area contributed by atoms with E-state index in [1.807, 2.05) is 0 Å². The molecule has 1 aliphatic heterocycles. The Kier molecular flexibility index (Phi) is 5.89. The number of nitro benzene ring substituents is 1. The van der Waals surface area contributed by atoms with Crippen molar-refractivity contribution in [3.05, 3.63) is 55.6 Å². The second kappa shape index (κ2) is 8.21. The van der Waals surface area contributed by atoms with E-state index in [0.717, 1.165) is 4.90 Å². The second-order valence-electron chi connectivity index (χ2n) is 5.87. The van der Waals surface area contributed by atoms with Gasteiger partial charge in [-0.05, 0) is 52.8 Å². The van der Waals surface area contributed by atoms with Crippen molar-refractivity contribution in [3.8, 4) is 11.3 Å². The maximum absolute atomic E-state index is 12.5. The fraction of sp³-hybridized carbons (Fsp3) is 0.167. The van der Waals surface area contributed by atoms with E-state index in [1.165, 1.54) is 38.3 Å². The zero-order valence-electron chi connectivity index (χ0n) is 15.1. The van der Waals surface area contributed by atoms with E-state index in [1.54, 1.807) is 12.1 Å². The lowest BCUT2D eigenvalue weighted by molar-refractivity contribution is -0.384. The first kappa shape index (κ1) is 20.8. The van der Waals surface area contributed by atoms with Crippen molar-refractivity contribution in [1.82, 2.24) is 4.90 Å². The Balaban J connectivity index is 1.85. The number of nitrogens with zero attached hydrogens (tertiary/aromatic N) is 2. The predicted molar refractivity (Wildman–Crippen MR) is 108 cm³/mol. The summed E-state index contributed by atoms with van der Waals surface area (Å²) < 4.78 is 10.8. The van der Waals surface area contributed by atoms with Crippen molar-refractivity contribution in [2.24, 2.45) is 0 Å². The summed E-state index contributed by atoms with van der Waals surface area (Å²) in [5.74, 6) is -0.592. The molecule has 0 saturated carbocycles. The molecule has 11 heteroatoms. The molecule has 1 fully saturated rings. The van der Waals surface area contributed by atoms with E-state index in [9.17, 15) is 24.5 Å². The van der Waals surface area contributed by atoms with Crippen LogP contribution in [0.5, 0.6) is 0 Å². The topological polar surface area (TPSA) is 120 Å². The zero-order valence-corrected chi connectivity index (χ0v) is 17.5. The summed E-state index contributed by atoms with van der Waals surface area (Å²) >= 11 is 3.97. The van der Waals surface area contributed by atoms with E-state index in [2.05, 4.69) is 20.7 Å². The molecule has 0 unspecified atom stereocenters. The number of thioether (sulfide) groups is 1. The average Bonchev–Trinajstić information content (AvgIpc) is 3.25. The van der Waals surface area contributed by atoms with Crippen molar-refractivity contribution in [2.75, 3.05) is 7.11 Å². The number of benzene rings is 1. The largest absolute Gasteiger partial charge is 0.467 e. The van der Waals surface area contributed by atoms with Gasteiger partial charge in [-0.15, -0.1) is 0 Å². The van der Waals surface area contributed by atoms with Gasteiger partial charge in [0.05, 0.1) is 16.9 Å². The molecule has 150 valence electrons. The quantitative estimate of drug-likeness (QED) is 0.270. The normalized spacial score (nSPS) is 16.4. The molecule has 0 radical (unpaired) electrons. The summed E-state index contributed by atoms with van der Waals surface area (Å²) in [6, 6.07) is 6.44. The van der Waals surface area contributed by atoms with Crippen molar-refractivity contribution in [3.63, 3.8) is 0 Å². The smallest absolute Gasteiger partial charge is 0.328 e. The minimum absolute atomic E-state index is 0.0687. The number of furan rings is 1. The molecule has 2 heterocycles. The van der Waals surface area contributed by atoms with Crippen LogP contribution in [0, 0.1) is 10.1 Å². The fourth-order valence-electron chi connectivity index (χ4n) is 2.61. The highest BCUT2D eigenvalue weighted by Gasteiger charge is 2.41. The van der Waals surface area contributed by atoms with Gasteiger partial charge in [0.2, 0.25) is 0 Å². The number of non-ortho nitro benzene ring substituents is 1. The molecular weight excluding hydrogens is 468 g/mol. The first-order valence-corrected chi connectivity index (χ1v) is 9.73. The van der Waals surface area contributed by atoms with Crippen molar-refractivity contribution in [2.45, 2.75) is 13.0 Å². The fourth-order valence-corrected chi connectivity index (χ4v) is 4.06. The second-order valence-corrected chi connectivity index (χ2v) is 7.72. The molecule has 1 saturated heterocycles. The van der Waals surface area contributed by atoms with E-state index in [4.69, 9.17) is 4.42 Å². The SMILES string of the molecule is COC(=O)[C@H](C)N1C(=O)S/C(=C\c2ccc(-c3ccc([N+](=O)[O-])cc3Br)o2)C1=O. The van der Waals surface area contributed by atoms with Gasteiger partial charge >= 0.3 is 5.97 Å². The lowest BCUT2D eigenvalue weighted by Gasteiger charge is -2.18. The van der Waals surface area contributed by atoms with Crippen LogP contribution in [0.1, 0.15) is 12.7 Å². The maximum atomic E-state index is 12.5. The molecule has 2 amide bonds. The predicted octanol–water partition coefficient (Wildman–Crippen LogP) is 4.22. The Morgan fingerprint density at radius 2 is 2.07 bits per heavy atom. The van der Waals surface area contributed by atoms with Crippen LogP contribution in [-0.2, 0) is 14.3 Å². The third-order valence-corrected chi connectivity index (χ3v) is 5.62. The highest BCUT2D eigenvalue weighted by atomic mass is 79.9. The number of hydrogen-bond acceptors (Lipinski definition) is 8. The van der Waals surface area contributed by atoms with Gasteiger partial charge in [-0.2, -0.15) is 0 Å². The highest BCUT2D eigenvalue weighted by Crippen LogP contribution is 2.36. The summed E-state index contributed by atoms with van der Waals surface area (Å²) in [6.07, 6.45) is 1.40. The molecule has 1 atom stereocenters.